The summed E-state index contributed by atoms with van der Waals surface area (Å²) in [6.07, 6.45) is 9.63. The summed E-state index contributed by atoms with van der Waals surface area (Å²) < 4.78 is 0. The number of aromatic nitrogens is 1. The Kier molecular flexibility index (Phi) is 5.52. The molecular weight excluding hydrogens is 272 g/mol. The Bertz CT molecular complexity index is 521. The molecule has 0 spiro atoms. The third kappa shape index (κ3) is 4.26. The predicted octanol–water partition coefficient (Wildman–Crippen LogP) is 3.76. The molecule has 0 saturated heterocycles. The Morgan fingerprint density at radius 1 is 1.50 bits per heavy atom. The van der Waals surface area contributed by atoms with Crippen LogP contribution >= 0.6 is 0 Å². The second-order valence-corrected chi connectivity index (χ2v) is 7.27. The molecule has 1 aliphatic rings. The molecule has 0 aliphatic heterocycles. The zero-order chi connectivity index (χ0) is 16.2. The van der Waals surface area contributed by atoms with Crippen molar-refractivity contribution < 1.29 is 4.79 Å². The summed E-state index contributed by atoms with van der Waals surface area (Å²) in [6, 6.07) is 4.17. The minimum absolute atomic E-state index is 0.0638. The van der Waals surface area contributed by atoms with Crippen LogP contribution in [0.4, 0.5) is 0 Å². The van der Waals surface area contributed by atoms with E-state index in [0.29, 0.717) is 18.1 Å². The summed E-state index contributed by atoms with van der Waals surface area (Å²) in [6.45, 7) is 9.43. The average molecular weight is 300 g/mol. The number of allylic oxidation sites excluding steroid dienone is 2. The number of rotatable bonds is 6. The topological polar surface area (TPSA) is 42.0 Å². The number of nitrogens with zero attached hydrogens (tertiary/aromatic N) is 1. The van der Waals surface area contributed by atoms with Crippen LogP contribution in [0.2, 0.25) is 0 Å². The van der Waals surface area contributed by atoms with Crippen molar-refractivity contribution in [3.05, 3.63) is 42.2 Å². The first-order valence-electron chi connectivity index (χ1n) is 8.22. The van der Waals surface area contributed by atoms with E-state index in [2.05, 4.69) is 50.1 Å². The fraction of sp³-hybridized carbons (Fsp3) is 0.579. The number of hydrogen-bond donors (Lipinski definition) is 1. The summed E-state index contributed by atoms with van der Waals surface area (Å²) >= 11 is 0. The fourth-order valence-electron chi connectivity index (χ4n) is 3.56. The highest BCUT2D eigenvalue weighted by Gasteiger charge is 2.39. The summed E-state index contributed by atoms with van der Waals surface area (Å²) in [5.41, 5.74) is 1.21. The number of hydrogen-bond acceptors (Lipinski definition) is 3. The van der Waals surface area contributed by atoms with Gasteiger partial charge >= 0.3 is 0 Å². The van der Waals surface area contributed by atoms with Crippen LogP contribution in [-0.2, 0) is 11.3 Å². The molecule has 22 heavy (non-hydrogen) atoms. The van der Waals surface area contributed by atoms with Gasteiger partial charge in [-0.15, -0.1) is 0 Å². The largest absolute Gasteiger partial charge is 0.310 e. The smallest absolute Gasteiger partial charge is 0.138 e. The van der Waals surface area contributed by atoms with Crippen LogP contribution in [0.3, 0.4) is 0 Å². The molecule has 0 aromatic carbocycles. The molecule has 0 amide bonds. The lowest BCUT2D eigenvalue weighted by molar-refractivity contribution is -0.128. The van der Waals surface area contributed by atoms with Crippen molar-refractivity contribution in [1.82, 2.24) is 10.3 Å². The molecule has 2 rings (SSSR count). The molecule has 1 aromatic rings. The van der Waals surface area contributed by atoms with E-state index in [4.69, 9.17) is 0 Å². The molecular formula is C19H28N2O. The quantitative estimate of drug-likeness (QED) is 0.813. The molecule has 0 bridgehead atoms. The number of Topliss-reactive ketones (excluding diaryl/α,β-unsaturated/α-hetero) is 1. The van der Waals surface area contributed by atoms with Crippen LogP contribution in [0.1, 0.15) is 46.1 Å². The Hall–Kier alpha value is -1.48. The third-order valence-electron chi connectivity index (χ3n) is 4.68. The molecule has 1 heterocycles. The summed E-state index contributed by atoms with van der Waals surface area (Å²) in [5, 5.41) is 3.43. The molecule has 1 aliphatic carbocycles. The molecule has 0 fully saturated rings. The number of nitrogens with one attached hydrogen (secondary N) is 1. The third-order valence-corrected chi connectivity index (χ3v) is 4.68. The second-order valence-electron chi connectivity index (χ2n) is 7.27. The number of ketones is 1. The van der Waals surface area contributed by atoms with Crippen LogP contribution in [0.5, 0.6) is 0 Å². The minimum atomic E-state index is 0.0638. The van der Waals surface area contributed by atoms with Gasteiger partial charge in [-0.2, -0.15) is 0 Å². The first-order chi connectivity index (χ1) is 10.4. The highest BCUT2D eigenvalue weighted by molar-refractivity contribution is 5.83. The highest BCUT2D eigenvalue weighted by atomic mass is 16.1. The van der Waals surface area contributed by atoms with Gasteiger partial charge < -0.3 is 5.32 Å². The van der Waals surface area contributed by atoms with Crippen LogP contribution in [0, 0.1) is 17.3 Å². The van der Waals surface area contributed by atoms with E-state index in [1.54, 1.807) is 6.20 Å². The van der Waals surface area contributed by atoms with E-state index in [1.807, 2.05) is 18.3 Å². The first kappa shape index (κ1) is 16.9. The summed E-state index contributed by atoms with van der Waals surface area (Å²) in [4.78, 5) is 16.9. The van der Waals surface area contributed by atoms with Crippen molar-refractivity contribution in [2.75, 3.05) is 0 Å². The van der Waals surface area contributed by atoms with Crippen molar-refractivity contribution in [1.29, 1.82) is 0 Å². The first-order valence-corrected chi connectivity index (χ1v) is 8.22. The normalized spacial score (nSPS) is 24.9. The van der Waals surface area contributed by atoms with Crippen LogP contribution in [-0.4, -0.2) is 16.8 Å². The number of carbonyl (C=O) groups excluding carboxylic acids is 1. The maximum absolute atomic E-state index is 12.8. The van der Waals surface area contributed by atoms with Crippen molar-refractivity contribution in [2.24, 2.45) is 17.3 Å². The highest BCUT2D eigenvalue weighted by Crippen LogP contribution is 2.41. The summed E-state index contributed by atoms with van der Waals surface area (Å²) in [5.74, 6) is 0.843. The van der Waals surface area contributed by atoms with Crippen molar-refractivity contribution >= 4 is 5.78 Å². The van der Waals surface area contributed by atoms with Crippen LogP contribution in [0.15, 0.2) is 36.7 Å². The molecule has 3 nitrogen and oxygen atoms in total. The molecule has 0 unspecified atom stereocenters. The van der Waals surface area contributed by atoms with Crippen molar-refractivity contribution in [2.45, 2.75) is 53.1 Å². The number of carbonyl (C=O) groups is 1. The Morgan fingerprint density at radius 3 is 2.91 bits per heavy atom. The standard InChI is InChI=1S/C19H28N2O/c1-14-7-5-9-19(3,4)18(14)17(22)11-15(2)21-13-16-8-6-10-20-12-16/h5-8,10,12,14-15,18,21H,9,11,13H2,1-4H3/t14-,15-,18-/m0/s1. The molecule has 1 aromatic heterocycles. The zero-order valence-electron chi connectivity index (χ0n) is 14.2. The fourth-order valence-corrected chi connectivity index (χ4v) is 3.56. The molecule has 0 saturated carbocycles. The van der Waals surface area contributed by atoms with Crippen molar-refractivity contribution in [3.63, 3.8) is 0 Å². The van der Waals surface area contributed by atoms with Gasteiger partial charge in [-0.25, -0.2) is 0 Å². The van der Waals surface area contributed by atoms with Crippen LogP contribution in [0.25, 0.3) is 0 Å². The van der Waals surface area contributed by atoms with Gasteiger partial charge in [0.25, 0.3) is 0 Å². The lowest BCUT2D eigenvalue weighted by Gasteiger charge is -2.39. The lowest BCUT2D eigenvalue weighted by Crippen LogP contribution is -2.40. The van der Waals surface area contributed by atoms with Gasteiger partial charge in [-0.3, -0.25) is 9.78 Å². The second kappa shape index (κ2) is 7.19. The maximum atomic E-state index is 12.8. The Balaban J connectivity index is 1.89. The van der Waals surface area contributed by atoms with E-state index >= 15 is 0 Å². The average Bonchev–Trinajstić information content (AvgIpc) is 2.45. The zero-order valence-corrected chi connectivity index (χ0v) is 14.2. The monoisotopic (exact) mass is 300 g/mol. The van der Waals surface area contributed by atoms with Gasteiger partial charge in [0.2, 0.25) is 0 Å². The van der Waals surface area contributed by atoms with E-state index < -0.39 is 0 Å². The van der Waals surface area contributed by atoms with Gasteiger partial charge in [-0.1, -0.05) is 39.0 Å². The van der Waals surface area contributed by atoms with Gasteiger partial charge in [0.05, 0.1) is 0 Å². The van der Waals surface area contributed by atoms with Crippen LogP contribution < -0.4 is 5.32 Å². The SMILES string of the molecule is C[C@@H](CC(=O)[C@@H]1[C@@H](C)C=CCC1(C)C)NCc1cccnc1. The minimum Gasteiger partial charge on any atom is -0.310 e. The molecule has 120 valence electrons. The Morgan fingerprint density at radius 2 is 2.27 bits per heavy atom. The molecule has 3 heteroatoms. The predicted molar refractivity (Wildman–Crippen MR) is 90.4 cm³/mol. The van der Waals surface area contributed by atoms with E-state index in [0.717, 1.165) is 18.5 Å². The number of pyridine rings is 1. The van der Waals surface area contributed by atoms with Gasteiger partial charge in [0.15, 0.2) is 0 Å². The van der Waals surface area contributed by atoms with E-state index in [1.165, 1.54) is 0 Å². The van der Waals surface area contributed by atoms with Gasteiger partial charge in [0.1, 0.15) is 5.78 Å². The van der Waals surface area contributed by atoms with E-state index in [9.17, 15) is 4.79 Å². The van der Waals surface area contributed by atoms with E-state index in [-0.39, 0.29) is 17.4 Å². The molecule has 1 N–H and O–H groups in total. The van der Waals surface area contributed by atoms with Crippen molar-refractivity contribution in [3.8, 4) is 0 Å². The summed E-state index contributed by atoms with van der Waals surface area (Å²) in [7, 11) is 0. The van der Waals surface area contributed by atoms with Gasteiger partial charge in [0, 0.05) is 37.3 Å². The molecule has 3 atom stereocenters. The maximum Gasteiger partial charge on any atom is 0.138 e. The Labute approximate surface area is 134 Å². The lowest BCUT2D eigenvalue weighted by atomic mass is 9.65. The van der Waals surface area contributed by atoms with Gasteiger partial charge in [-0.05, 0) is 36.3 Å². The molecule has 0 radical (unpaired) electrons.